The molecule has 0 amide bonds. The maximum absolute atomic E-state index is 12.6. The number of benzene rings is 1. The zero-order valence-electron chi connectivity index (χ0n) is 9.90. The molecule has 1 rings (SSSR count). The summed E-state index contributed by atoms with van der Waals surface area (Å²) in [5.41, 5.74) is 6.04. The molecule has 0 saturated heterocycles. The fourth-order valence-corrected chi connectivity index (χ4v) is 1.61. The lowest BCUT2D eigenvalue weighted by Gasteiger charge is -2.16. The molecule has 1 aromatic carbocycles. The smallest absolute Gasteiger partial charge is 0.303 e. The summed E-state index contributed by atoms with van der Waals surface area (Å²) in [5.74, 6) is -0.591. The number of rotatable bonds is 6. The molecule has 0 bridgehead atoms. The van der Waals surface area contributed by atoms with E-state index in [-0.39, 0.29) is 18.4 Å². The van der Waals surface area contributed by atoms with E-state index in [9.17, 15) is 13.6 Å². The standard InChI is InChI=1S/C12H15F2NO3/c1-18-10-4-2-7(12(13)14)6-8(10)9(15)3-5-11(16)17/h2,4,6,9,12H,3,5,15H2,1H3,(H,16,17). The fraction of sp³-hybridized carbons (Fsp3) is 0.417. The second kappa shape index (κ2) is 6.30. The van der Waals surface area contributed by atoms with Gasteiger partial charge in [0.15, 0.2) is 0 Å². The number of hydrogen-bond acceptors (Lipinski definition) is 3. The molecule has 0 spiro atoms. The Morgan fingerprint density at radius 3 is 2.67 bits per heavy atom. The van der Waals surface area contributed by atoms with Gasteiger partial charge in [0.25, 0.3) is 6.43 Å². The predicted molar refractivity (Wildman–Crippen MR) is 61.7 cm³/mol. The number of carboxylic acids is 1. The number of carboxylic acid groups (broad SMARTS) is 1. The van der Waals surface area contributed by atoms with Crippen molar-refractivity contribution in [3.05, 3.63) is 29.3 Å². The van der Waals surface area contributed by atoms with Crippen molar-refractivity contribution in [3.63, 3.8) is 0 Å². The molecule has 6 heteroatoms. The third-order valence-corrected chi connectivity index (χ3v) is 2.57. The highest BCUT2D eigenvalue weighted by atomic mass is 19.3. The number of nitrogens with two attached hydrogens (primary N) is 1. The molecule has 0 radical (unpaired) electrons. The molecule has 4 nitrogen and oxygen atoms in total. The highest BCUT2D eigenvalue weighted by Gasteiger charge is 2.17. The van der Waals surface area contributed by atoms with Crippen LogP contribution in [0, 0.1) is 0 Å². The number of ether oxygens (including phenoxy) is 1. The van der Waals surface area contributed by atoms with Gasteiger partial charge in [-0.1, -0.05) is 0 Å². The van der Waals surface area contributed by atoms with Crippen molar-refractivity contribution in [2.24, 2.45) is 5.73 Å². The molecule has 0 heterocycles. The molecule has 0 aliphatic heterocycles. The van der Waals surface area contributed by atoms with Crippen LogP contribution in [-0.4, -0.2) is 18.2 Å². The molecule has 1 atom stereocenters. The Morgan fingerprint density at radius 2 is 2.17 bits per heavy atom. The minimum absolute atomic E-state index is 0.122. The van der Waals surface area contributed by atoms with Gasteiger partial charge in [0.05, 0.1) is 7.11 Å². The van der Waals surface area contributed by atoms with Crippen molar-refractivity contribution >= 4 is 5.97 Å². The van der Waals surface area contributed by atoms with Crippen molar-refractivity contribution in [3.8, 4) is 5.75 Å². The van der Waals surface area contributed by atoms with E-state index in [0.29, 0.717) is 11.3 Å². The van der Waals surface area contributed by atoms with Gasteiger partial charge in [0.1, 0.15) is 5.75 Å². The summed E-state index contributed by atoms with van der Waals surface area (Å²) in [5, 5.41) is 8.57. The summed E-state index contributed by atoms with van der Waals surface area (Å²) in [6.07, 6.45) is -2.55. The number of carbonyl (C=O) groups is 1. The van der Waals surface area contributed by atoms with Gasteiger partial charge in [0, 0.05) is 23.6 Å². The lowest BCUT2D eigenvalue weighted by Crippen LogP contribution is -2.14. The molecule has 0 aliphatic carbocycles. The molecule has 100 valence electrons. The van der Waals surface area contributed by atoms with E-state index < -0.39 is 18.4 Å². The summed E-state index contributed by atoms with van der Waals surface area (Å²) in [7, 11) is 1.41. The number of alkyl halides is 2. The maximum Gasteiger partial charge on any atom is 0.303 e. The molecule has 18 heavy (non-hydrogen) atoms. The van der Waals surface area contributed by atoms with Gasteiger partial charge in [-0.2, -0.15) is 0 Å². The summed E-state index contributed by atoms with van der Waals surface area (Å²) < 4.78 is 30.2. The molecular formula is C12H15F2NO3. The Labute approximate surface area is 103 Å². The minimum Gasteiger partial charge on any atom is -0.496 e. The lowest BCUT2D eigenvalue weighted by molar-refractivity contribution is -0.137. The lowest BCUT2D eigenvalue weighted by atomic mass is 9.99. The van der Waals surface area contributed by atoms with Gasteiger partial charge in [-0.3, -0.25) is 4.79 Å². The quantitative estimate of drug-likeness (QED) is 0.823. The van der Waals surface area contributed by atoms with Crippen molar-refractivity contribution in [2.75, 3.05) is 7.11 Å². The van der Waals surface area contributed by atoms with Gasteiger partial charge in [-0.15, -0.1) is 0 Å². The highest BCUT2D eigenvalue weighted by Crippen LogP contribution is 2.31. The second-order valence-electron chi connectivity index (χ2n) is 3.84. The van der Waals surface area contributed by atoms with Gasteiger partial charge in [-0.25, -0.2) is 8.78 Å². The summed E-state index contributed by atoms with van der Waals surface area (Å²) in [4.78, 5) is 10.5. The van der Waals surface area contributed by atoms with Crippen molar-refractivity contribution < 1.29 is 23.4 Å². The van der Waals surface area contributed by atoms with Gasteiger partial charge in [-0.05, 0) is 24.6 Å². The van der Waals surface area contributed by atoms with Crippen molar-refractivity contribution in [1.82, 2.24) is 0 Å². The summed E-state index contributed by atoms with van der Waals surface area (Å²) >= 11 is 0. The maximum atomic E-state index is 12.6. The molecule has 1 unspecified atom stereocenters. The van der Waals surface area contributed by atoms with E-state index in [1.165, 1.54) is 25.3 Å². The van der Waals surface area contributed by atoms with Crippen LogP contribution in [0.25, 0.3) is 0 Å². The van der Waals surface area contributed by atoms with Crippen LogP contribution >= 0.6 is 0 Å². The summed E-state index contributed by atoms with van der Waals surface area (Å²) in [6, 6.07) is 3.29. The number of hydrogen-bond donors (Lipinski definition) is 2. The van der Waals surface area contributed by atoms with Crippen LogP contribution in [0.2, 0.25) is 0 Å². The van der Waals surface area contributed by atoms with E-state index in [2.05, 4.69) is 0 Å². The van der Waals surface area contributed by atoms with Crippen molar-refractivity contribution in [1.29, 1.82) is 0 Å². The molecule has 0 saturated carbocycles. The topological polar surface area (TPSA) is 72.5 Å². The highest BCUT2D eigenvalue weighted by molar-refractivity contribution is 5.66. The van der Waals surface area contributed by atoms with Gasteiger partial charge in [0.2, 0.25) is 0 Å². The monoisotopic (exact) mass is 259 g/mol. The zero-order chi connectivity index (χ0) is 13.7. The summed E-state index contributed by atoms with van der Waals surface area (Å²) in [6.45, 7) is 0. The Kier molecular flexibility index (Phi) is 5.03. The third-order valence-electron chi connectivity index (χ3n) is 2.57. The normalized spacial score (nSPS) is 12.5. The van der Waals surface area contributed by atoms with E-state index >= 15 is 0 Å². The Bertz CT molecular complexity index is 424. The average molecular weight is 259 g/mol. The van der Waals surface area contributed by atoms with E-state index in [1.807, 2.05) is 0 Å². The van der Waals surface area contributed by atoms with Crippen LogP contribution in [0.5, 0.6) is 5.75 Å². The first kappa shape index (κ1) is 14.4. The van der Waals surface area contributed by atoms with Gasteiger partial charge < -0.3 is 15.6 Å². The number of methoxy groups -OCH3 is 1. The van der Waals surface area contributed by atoms with Crippen LogP contribution in [0.4, 0.5) is 8.78 Å². The molecule has 0 fully saturated rings. The largest absolute Gasteiger partial charge is 0.496 e. The first-order valence-corrected chi connectivity index (χ1v) is 5.39. The van der Waals surface area contributed by atoms with Crippen LogP contribution in [0.15, 0.2) is 18.2 Å². The molecule has 1 aromatic rings. The van der Waals surface area contributed by atoms with Crippen LogP contribution in [0.1, 0.15) is 36.4 Å². The predicted octanol–water partition coefficient (Wildman–Crippen LogP) is 2.50. The number of aliphatic carboxylic acids is 1. The second-order valence-corrected chi connectivity index (χ2v) is 3.84. The first-order chi connectivity index (χ1) is 8.45. The number of halogens is 2. The van der Waals surface area contributed by atoms with E-state index in [4.69, 9.17) is 15.6 Å². The van der Waals surface area contributed by atoms with Crippen LogP contribution in [-0.2, 0) is 4.79 Å². The zero-order valence-corrected chi connectivity index (χ0v) is 9.90. The Balaban J connectivity index is 2.96. The fourth-order valence-electron chi connectivity index (χ4n) is 1.61. The van der Waals surface area contributed by atoms with Crippen LogP contribution in [0.3, 0.4) is 0 Å². The Morgan fingerprint density at radius 1 is 1.50 bits per heavy atom. The van der Waals surface area contributed by atoms with Crippen LogP contribution < -0.4 is 10.5 Å². The molecule has 0 aromatic heterocycles. The minimum atomic E-state index is -2.60. The van der Waals surface area contributed by atoms with E-state index in [0.717, 1.165) is 0 Å². The Hall–Kier alpha value is -1.69. The molecular weight excluding hydrogens is 244 g/mol. The van der Waals surface area contributed by atoms with Crippen molar-refractivity contribution in [2.45, 2.75) is 25.3 Å². The SMILES string of the molecule is COc1ccc(C(F)F)cc1C(N)CCC(=O)O. The average Bonchev–Trinajstić information content (AvgIpc) is 2.34. The third kappa shape index (κ3) is 3.66. The van der Waals surface area contributed by atoms with Gasteiger partial charge >= 0.3 is 5.97 Å². The van der Waals surface area contributed by atoms with E-state index in [1.54, 1.807) is 0 Å². The molecule has 0 aliphatic rings. The molecule has 3 N–H and O–H groups in total. The first-order valence-electron chi connectivity index (χ1n) is 5.39.